The predicted octanol–water partition coefficient (Wildman–Crippen LogP) is 19.5. The van der Waals surface area contributed by atoms with Crippen LogP contribution in [0.3, 0.4) is 0 Å². The monoisotopic (exact) mass is 1320 g/mol. The SMILES string of the molecule is CCCCCC/C=C\C=C/CCCCCCCC(=O)OC[C@H](COP(=O)(O)OCC(O)COP(=O)(O)OC[C@@H](COC(=O)CCCCCCCCCCC(C)C)OC(=O)CCCCCCCCC(C)C)OC(=O)CCCCCCC/C=C\C=C/CCCCCC. The highest BCUT2D eigenvalue weighted by Crippen LogP contribution is 2.45. The van der Waals surface area contributed by atoms with E-state index in [0.29, 0.717) is 31.6 Å². The van der Waals surface area contributed by atoms with Crippen molar-refractivity contribution in [3.63, 3.8) is 0 Å². The van der Waals surface area contributed by atoms with Crippen LogP contribution >= 0.6 is 15.6 Å². The fraction of sp³-hybridized carbons (Fsp3) is 0.831. The van der Waals surface area contributed by atoms with E-state index in [1.807, 2.05) is 0 Å². The Bertz CT molecular complexity index is 1940. The second-order valence-corrected chi connectivity index (χ2v) is 28.1. The van der Waals surface area contributed by atoms with Crippen molar-refractivity contribution >= 4 is 39.5 Å². The minimum Gasteiger partial charge on any atom is -0.462 e. The van der Waals surface area contributed by atoms with Crippen molar-refractivity contribution in [2.24, 2.45) is 11.8 Å². The van der Waals surface area contributed by atoms with Crippen LogP contribution in [0.5, 0.6) is 0 Å². The van der Waals surface area contributed by atoms with Gasteiger partial charge in [-0.15, -0.1) is 0 Å². The maximum Gasteiger partial charge on any atom is 0.472 e. The highest BCUT2D eigenvalue weighted by atomic mass is 31.2. The number of carbonyl (C=O) groups excluding carboxylic acids is 4. The largest absolute Gasteiger partial charge is 0.472 e. The maximum absolute atomic E-state index is 13.0. The van der Waals surface area contributed by atoms with Crippen molar-refractivity contribution < 1.29 is 80.2 Å². The van der Waals surface area contributed by atoms with E-state index in [1.54, 1.807) is 0 Å². The number of esters is 4. The molecule has 3 unspecified atom stereocenters. The lowest BCUT2D eigenvalue weighted by Crippen LogP contribution is -2.30. The van der Waals surface area contributed by atoms with Crippen molar-refractivity contribution in [2.45, 2.75) is 330 Å². The number of phosphoric acid groups is 2. The first-order valence-corrected chi connectivity index (χ1v) is 38.6. The maximum atomic E-state index is 13.0. The number of hydrogen-bond donors (Lipinski definition) is 3. The molecule has 90 heavy (non-hydrogen) atoms. The summed E-state index contributed by atoms with van der Waals surface area (Å²) in [6.45, 7) is 9.28. The molecule has 0 bridgehead atoms. The van der Waals surface area contributed by atoms with Gasteiger partial charge in [0.15, 0.2) is 12.2 Å². The van der Waals surface area contributed by atoms with Crippen molar-refractivity contribution in [1.82, 2.24) is 0 Å². The molecule has 526 valence electrons. The highest BCUT2D eigenvalue weighted by Gasteiger charge is 2.30. The van der Waals surface area contributed by atoms with Crippen LogP contribution in [0, 0.1) is 11.8 Å². The fourth-order valence-electron chi connectivity index (χ4n) is 9.69. The Hall–Kier alpha value is -2.98. The van der Waals surface area contributed by atoms with Gasteiger partial charge >= 0.3 is 39.5 Å². The van der Waals surface area contributed by atoms with E-state index >= 15 is 0 Å². The van der Waals surface area contributed by atoms with Crippen molar-refractivity contribution in [1.29, 1.82) is 0 Å². The molecule has 0 heterocycles. The molecule has 0 rings (SSSR count). The Morgan fingerprint density at radius 1 is 0.344 bits per heavy atom. The molecule has 0 aliphatic rings. The van der Waals surface area contributed by atoms with Crippen LogP contribution in [0.1, 0.15) is 311 Å². The number of phosphoric ester groups is 2. The van der Waals surface area contributed by atoms with Crippen LogP contribution in [-0.2, 0) is 65.4 Å². The Morgan fingerprint density at radius 2 is 0.600 bits per heavy atom. The number of ether oxygens (including phenoxy) is 4. The molecule has 0 aromatic carbocycles. The van der Waals surface area contributed by atoms with Gasteiger partial charge in [0, 0.05) is 25.7 Å². The third-order valence-electron chi connectivity index (χ3n) is 15.2. The highest BCUT2D eigenvalue weighted by molar-refractivity contribution is 7.47. The summed E-state index contributed by atoms with van der Waals surface area (Å²) < 4.78 is 68.1. The number of rotatable bonds is 66. The second kappa shape index (κ2) is 62.2. The Kier molecular flexibility index (Phi) is 60.1. The summed E-state index contributed by atoms with van der Waals surface area (Å²) in [5.41, 5.74) is 0. The molecule has 0 fully saturated rings. The number of hydrogen-bond acceptors (Lipinski definition) is 15. The van der Waals surface area contributed by atoms with E-state index in [4.69, 9.17) is 37.0 Å². The number of unbranched alkanes of at least 4 members (excludes halogenated alkanes) is 30. The summed E-state index contributed by atoms with van der Waals surface area (Å²) in [7, 11) is -9.92. The van der Waals surface area contributed by atoms with E-state index < -0.39 is 97.5 Å². The Labute approximate surface area is 547 Å². The normalized spacial score (nSPS) is 14.5. The summed E-state index contributed by atoms with van der Waals surface area (Å²) >= 11 is 0. The van der Waals surface area contributed by atoms with Crippen LogP contribution in [0.2, 0.25) is 0 Å². The van der Waals surface area contributed by atoms with Gasteiger partial charge in [0.2, 0.25) is 0 Å². The van der Waals surface area contributed by atoms with Gasteiger partial charge in [-0.2, -0.15) is 0 Å². The minimum absolute atomic E-state index is 0.0776. The van der Waals surface area contributed by atoms with Gasteiger partial charge in [0.25, 0.3) is 0 Å². The first kappa shape index (κ1) is 87.0. The van der Waals surface area contributed by atoms with Crippen LogP contribution in [0.25, 0.3) is 0 Å². The first-order valence-electron chi connectivity index (χ1n) is 35.6. The third-order valence-corrected chi connectivity index (χ3v) is 17.1. The molecular formula is C71H130O17P2. The van der Waals surface area contributed by atoms with Crippen molar-refractivity contribution in [3.8, 4) is 0 Å². The van der Waals surface area contributed by atoms with Crippen LogP contribution in [0.4, 0.5) is 0 Å². The lowest BCUT2D eigenvalue weighted by Gasteiger charge is -2.21. The van der Waals surface area contributed by atoms with Gasteiger partial charge in [-0.3, -0.25) is 37.3 Å². The van der Waals surface area contributed by atoms with Gasteiger partial charge in [0.05, 0.1) is 26.4 Å². The van der Waals surface area contributed by atoms with Crippen LogP contribution in [0.15, 0.2) is 48.6 Å². The average Bonchev–Trinajstić information content (AvgIpc) is 3.55. The minimum atomic E-state index is -4.97. The standard InChI is InChI=1S/C71H130O17P2/c1-7-9-11-13-15-17-19-21-23-25-27-29-34-41-47-53-68(73)81-59-66(87-70(75)55-49-43-36-30-28-26-24-22-20-18-16-14-12-10-8-2)61-85-89(77,78)83-57-65(72)58-84-90(79,80)86-62-67(88-71(76)56-50-44-38-37-40-46-52-64(5)6)60-82-69(74)54-48-42-35-32-31-33-39-45-51-63(3)4/h17-24,63-67,72H,7-16,25-62H2,1-6H3,(H,77,78)(H,79,80)/b19-17-,20-18-,23-21-,24-22-/t65?,66-,67-/m1/s1. The zero-order chi connectivity index (χ0) is 66.5. The summed E-state index contributed by atoms with van der Waals surface area (Å²) in [5.74, 6) is -0.801. The third kappa shape index (κ3) is 63.8. The average molecular weight is 1320 g/mol. The number of allylic oxidation sites excluding steroid dienone is 8. The Balaban J connectivity index is 5.31. The number of aliphatic hydroxyl groups is 1. The molecule has 5 atom stereocenters. The summed E-state index contributed by atoms with van der Waals surface area (Å²) in [5, 5.41) is 10.6. The van der Waals surface area contributed by atoms with E-state index in [9.17, 15) is 43.2 Å². The molecule has 19 heteroatoms. The van der Waals surface area contributed by atoms with Gasteiger partial charge in [0.1, 0.15) is 19.3 Å². The molecule has 0 saturated carbocycles. The second-order valence-electron chi connectivity index (χ2n) is 25.2. The van der Waals surface area contributed by atoms with Gasteiger partial charge in [-0.25, -0.2) is 9.13 Å². The predicted molar refractivity (Wildman–Crippen MR) is 363 cm³/mol. The summed E-state index contributed by atoms with van der Waals surface area (Å²) in [4.78, 5) is 72.5. The zero-order valence-corrected chi connectivity index (χ0v) is 59.2. The van der Waals surface area contributed by atoms with E-state index in [-0.39, 0.29) is 25.7 Å². The molecule has 0 aromatic heterocycles. The van der Waals surface area contributed by atoms with Gasteiger partial charge in [-0.1, -0.05) is 257 Å². The first-order chi connectivity index (χ1) is 43.4. The Morgan fingerprint density at radius 3 is 0.900 bits per heavy atom. The molecule has 0 aromatic rings. The molecule has 0 amide bonds. The molecule has 0 aliphatic heterocycles. The van der Waals surface area contributed by atoms with Gasteiger partial charge in [-0.05, 0) is 88.9 Å². The zero-order valence-electron chi connectivity index (χ0n) is 57.4. The quantitative estimate of drug-likeness (QED) is 0.0169. The number of carbonyl (C=O) groups is 4. The van der Waals surface area contributed by atoms with Crippen molar-refractivity contribution in [3.05, 3.63) is 48.6 Å². The molecular weight excluding hydrogens is 1190 g/mol. The summed E-state index contributed by atoms with van der Waals surface area (Å²) in [6, 6.07) is 0. The van der Waals surface area contributed by atoms with Crippen LogP contribution < -0.4 is 0 Å². The van der Waals surface area contributed by atoms with Crippen LogP contribution in [-0.4, -0.2) is 96.7 Å². The van der Waals surface area contributed by atoms with Gasteiger partial charge < -0.3 is 33.8 Å². The van der Waals surface area contributed by atoms with Crippen molar-refractivity contribution in [2.75, 3.05) is 39.6 Å². The molecule has 3 N–H and O–H groups in total. The lowest BCUT2D eigenvalue weighted by atomic mass is 10.0. The molecule has 0 radical (unpaired) electrons. The summed E-state index contributed by atoms with van der Waals surface area (Å²) in [6.07, 6.45) is 53.2. The molecule has 0 saturated heterocycles. The fourth-order valence-corrected chi connectivity index (χ4v) is 11.3. The smallest absolute Gasteiger partial charge is 0.462 e. The van der Waals surface area contributed by atoms with E-state index in [0.717, 1.165) is 134 Å². The lowest BCUT2D eigenvalue weighted by molar-refractivity contribution is -0.161. The molecule has 17 nitrogen and oxygen atoms in total. The number of aliphatic hydroxyl groups excluding tert-OH is 1. The molecule has 0 spiro atoms. The topological polar surface area (TPSA) is 237 Å². The van der Waals surface area contributed by atoms with E-state index in [1.165, 1.54) is 89.9 Å². The molecule has 0 aliphatic carbocycles. The van der Waals surface area contributed by atoms with E-state index in [2.05, 4.69) is 90.2 Å².